The van der Waals surface area contributed by atoms with E-state index in [1.165, 1.54) is 12.8 Å². The molecule has 0 bridgehead atoms. The molecular weight excluding hydrogens is 204 g/mol. The molecule has 0 atom stereocenters. The van der Waals surface area contributed by atoms with Crippen molar-refractivity contribution in [3.8, 4) is 0 Å². The molecule has 0 heterocycles. The van der Waals surface area contributed by atoms with Crippen molar-refractivity contribution in [3.63, 3.8) is 0 Å². The first-order valence-corrected chi connectivity index (χ1v) is 7.72. The van der Waals surface area contributed by atoms with Gasteiger partial charge < -0.3 is 0 Å². The van der Waals surface area contributed by atoms with E-state index in [0.29, 0.717) is 5.41 Å². The zero-order chi connectivity index (χ0) is 15.1. The summed E-state index contributed by atoms with van der Waals surface area (Å²) in [5.41, 5.74) is 0.500. The Morgan fingerprint density at radius 3 is 0.765 bits per heavy atom. The summed E-state index contributed by atoms with van der Waals surface area (Å²) < 4.78 is 0. The average molecular weight is 247 g/mol. The molecule has 0 unspecified atom stereocenters. The SMILES string of the molecule is CC.CC(C)C(C)(C)C(C)C.CCC.CCC. The van der Waals surface area contributed by atoms with Crippen molar-refractivity contribution in [2.45, 2.75) is 95.9 Å². The Morgan fingerprint density at radius 1 is 0.647 bits per heavy atom. The van der Waals surface area contributed by atoms with Gasteiger partial charge in [0.1, 0.15) is 0 Å². The van der Waals surface area contributed by atoms with Crippen molar-refractivity contribution < 1.29 is 0 Å². The predicted molar refractivity (Wildman–Crippen MR) is 86.7 cm³/mol. The molecule has 0 aliphatic rings. The van der Waals surface area contributed by atoms with Crippen molar-refractivity contribution >= 4 is 0 Å². The lowest BCUT2D eigenvalue weighted by Crippen LogP contribution is -2.25. The molecule has 0 radical (unpaired) electrons. The van der Waals surface area contributed by atoms with Crippen LogP contribution in [0.2, 0.25) is 0 Å². The van der Waals surface area contributed by atoms with Crippen LogP contribution in [0.4, 0.5) is 0 Å². The first kappa shape index (κ1) is 25.8. The number of hydrogen-bond acceptors (Lipinski definition) is 0. The lowest BCUT2D eigenvalue weighted by Gasteiger charge is -2.33. The van der Waals surface area contributed by atoms with Crippen molar-refractivity contribution in [1.82, 2.24) is 0 Å². The summed E-state index contributed by atoms with van der Waals surface area (Å²) in [7, 11) is 0. The Labute approximate surface area is 114 Å². The van der Waals surface area contributed by atoms with Crippen molar-refractivity contribution in [2.75, 3.05) is 0 Å². The minimum absolute atomic E-state index is 0.500. The molecule has 0 heteroatoms. The minimum Gasteiger partial charge on any atom is -0.0683 e. The highest BCUT2D eigenvalue weighted by atomic mass is 14.3. The highest BCUT2D eigenvalue weighted by Crippen LogP contribution is 2.33. The molecular formula is C17H42. The molecule has 0 aromatic carbocycles. The lowest BCUT2D eigenvalue weighted by atomic mass is 9.72. The Hall–Kier alpha value is 0. The fraction of sp³-hybridized carbons (Fsp3) is 1.00. The summed E-state index contributed by atoms with van der Waals surface area (Å²) in [6, 6.07) is 0. The van der Waals surface area contributed by atoms with E-state index in [2.05, 4.69) is 69.2 Å². The first-order chi connectivity index (χ1) is 7.72. The van der Waals surface area contributed by atoms with E-state index in [0.717, 1.165) is 11.8 Å². The third-order valence-electron chi connectivity index (χ3n) is 2.98. The van der Waals surface area contributed by atoms with Gasteiger partial charge in [-0.1, -0.05) is 95.9 Å². The topological polar surface area (TPSA) is 0 Å². The summed E-state index contributed by atoms with van der Waals surface area (Å²) >= 11 is 0. The normalized spacial score (nSPS) is 9.53. The van der Waals surface area contributed by atoms with Gasteiger partial charge >= 0.3 is 0 Å². The maximum Gasteiger partial charge on any atom is -0.0308 e. The molecule has 110 valence electrons. The monoisotopic (exact) mass is 246 g/mol. The van der Waals surface area contributed by atoms with Crippen molar-refractivity contribution in [1.29, 1.82) is 0 Å². The van der Waals surface area contributed by atoms with E-state index in [-0.39, 0.29) is 0 Å². The van der Waals surface area contributed by atoms with Crippen LogP contribution in [-0.4, -0.2) is 0 Å². The predicted octanol–water partition coefficient (Wildman–Crippen LogP) is 7.18. The molecule has 0 spiro atoms. The summed E-state index contributed by atoms with van der Waals surface area (Å²) in [6.07, 6.45) is 2.50. The van der Waals surface area contributed by atoms with Gasteiger partial charge in [-0.05, 0) is 17.3 Å². The Kier molecular flexibility index (Phi) is 27.8. The van der Waals surface area contributed by atoms with Crippen LogP contribution in [0.5, 0.6) is 0 Å². The maximum absolute atomic E-state index is 2.34. The molecule has 0 aromatic rings. The van der Waals surface area contributed by atoms with Gasteiger partial charge in [0.15, 0.2) is 0 Å². The van der Waals surface area contributed by atoms with Crippen LogP contribution in [0.3, 0.4) is 0 Å². The van der Waals surface area contributed by atoms with Gasteiger partial charge in [0.25, 0.3) is 0 Å². The van der Waals surface area contributed by atoms with Crippen LogP contribution in [0.1, 0.15) is 95.9 Å². The molecule has 0 aromatic heterocycles. The van der Waals surface area contributed by atoms with Gasteiger partial charge in [-0.25, -0.2) is 0 Å². The van der Waals surface area contributed by atoms with Crippen LogP contribution in [0, 0.1) is 17.3 Å². The van der Waals surface area contributed by atoms with E-state index in [4.69, 9.17) is 0 Å². The second-order valence-corrected chi connectivity index (χ2v) is 5.54. The van der Waals surface area contributed by atoms with E-state index >= 15 is 0 Å². The number of rotatable bonds is 2. The highest BCUT2D eigenvalue weighted by molar-refractivity contribution is 4.75. The zero-order valence-electron chi connectivity index (χ0n) is 15.1. The minimum atomic E-state index is 0.500. The molecule has 0 fully saturated rings. The maximum atomic E-state index is 2.34. The third-order valence-corrected chi connectivity index (χ3v) is 2.98. The molecule has 0 saturated heterocycles. The fourth-order valence-corrected chi connectivity index (χ4v) is 0.667. The van der Waals surface area contributed by atoms with Crippen LogP contribution < -0.4 is 0 Å². The summed E-state index contributed by atoms with van der Waals surface area (Å²) in [5, 5.41) is 0. The Morgan fingerprint density at radius 2 is 0.765 bits per heavy atom. The fourth-order valence-electron chi connectivity index (χ4n) is 0.667. The van der Waals surface area contributed by atoms with Crippen LogP contribution >= 0.6 is 0 Å². The van der Waals surface area contributed by atoms with Crippen LogP contribution in [0.15, 0.2) is 0 Å². The van der Waals surface area contributed by atoms with Crippen LogP contribution in [0.25, 0.3) is 0 Å². The van der Waals surface area contributed by atoms with E-state index in [1.54, 1.807) is 0 Å². The van der Waals surface area contributed by atoms with Gasteiger partial charge in [-0.15, -0.1) is 0 Å². The van der Waals surface area contributed by atoms with Gasteiger partial charge in [0.05, 0.1) is 0 Å². The first-order valence-electron chi connectivity index (χ1n) is 7.72. The van der Waals surface area contributed by atoms with Gasteiger partial charge in [0, 0.05) is 0 Å². The highest BCUT2D eigenvalue weighted by Gasteiger charge is 2.25. The molecule has 0 rings (SSSR count). The molecule has 0 N–H and O–H groups in total. The molecule has 0 aliphatic carbocycles. The zero-order valence-corrected chi connectivity index (χ0v) is 15.1. The van der Waals surface area contributed by atoms with Gasteiger partial charge in [-0.2, -0.15) is 0 Å². The Balaban J connectivity index is -0.0000000879. The third kappa shape index (κ3) is 21.8. The van der Waals surface area contributed by atoms with Crippen molar-refractivity contribution in [3.05, 3.63) is 0 Å². The standard InChI is InChI=1S/C9H20.2C3H8.C2H6/c1-7(2)9(5,6)8(3)4;2*1-3-2;1-2/h7-8H,1-6H3;2*3H2,1-2H3;1-2H3. The smallest absolute Gasteiger partial charge is 0.0308 e. The lowest BCUT2D eigenvalue weighted by molar-refractivity contribution is 0.165. The van der Waals surface area contributed by atoms with Crippen molar-refractivity contribution in [2.24, 2.45) is 17.3 Å². The average Bonchev–Trinajstić information content (AvgIpc) is 2.22. The van der Waals surface area contributed by atoms with Crippen LogP contribution in [-0.2, 0) is 0 Å². The van der Waals surface area contributed by atoms with E-state index in [1.807, 2.05) is 13.8 Å². The molecule has 0 saturated carbocycles. The van der Waals surface area contributed by atoms with Gasteiger partial charge in [0.2, 0.25) is 0 Å². The summed E-state index contributed by atoms with van der Waals surface area (Å²) in [6.45, 7) is 26.3. The molecule has 0 nitrogen and oxygen atoms in total. The molecule has 17 heavy (non-hydrogen) atoms. The second-order valence-electron chi connectivity index (χ2n) is 5.54. The second kappa shape index (κ2) is 18.4. The molecule has 0 amide bonds. The van der Waals surface area contributed by atoms with Gasteiger partial charge in [-0.3, -0.25) is 0 Å². The quantitative estimate of drug-likeness (QED) is 0.484. The molecule has 0 aliphatic heterocycles. The summed E-state index contributed by atoms with van der Waals surface area (Å²) in [4.78, 5) is 0. The largest absolute Gasteiger partial charge is 0.0683 e. The Bertz CT molecular complexity index is 86.6. The van der Waals surface area contributed by atoms with E-state index < -0.39 is 0 Å². The number of hydrogen-bond donors (Lipinski definition) is 0. The van der Waals surface area contributed by atoms with E-state index in [9.17, 15) is 0 Å². The summed E-state index contributed by atoms with van der Waals surface area (Å²) in [5.74, 6) is 1.58.